The summed E-state index contributed by atoms with van der Waals surface area (Å²) in [6.45, 7) is 10.3. The molecule has 0 radical (unpaired) electrons. The molecule has 1 heterocycles. The van der Waals surface area contributed by atoms with Gasteiger partial charge in [0.25, 0.3) is 0 Å². The molecular formula is C14H19NO4. The van der Waals surface area contributed by atoms with Gasteiger partial charge < -0.3 is 14.5 Å². The maximum atomic E-state index is 11.8. The normalized spacial score (nSPS) is 12.6. The van der Waals surface area contributed by atoms with Crippen molar-refractivity contribution in [3.05, 3.63) is 36.3 Å². The van der Waals surface area contributed by atoms with Crippen molar-refractivity contribution in [2.75, 3.05) is 0 Å². The highest BCUT2D eigenvalue weighted by molar-refractivity contribution is 5.94. The number of ketones is 1. The van der Waals surface area contributed by atoms with E-state index >= 15 is 0 Å². The summed E-state index contributed by atoms with van der Waals surface area (Å²) < 4.78 is 10.4. The molecule has 1 unspecified atom stereocenters. The second-order valence-electron chi connectivity index (χ2n) is 5.18. The van der Waals surface area contributed by atoms with Crippen molar-refractivity contribution >= 4 is 11.9 Å². The number of hydrogen-bond donors (Lipinski definition) is 1. The van der Waals surface area contributed by atoms with E-state index < -0.39 is 17.7 Å². The highest BCUT2D eigenvalue weighted by atomic mass is 16.6. The molecule has 19 heavy (non-hydrogen) atoms. The number of nitrogens with one attached hydrogen (secondary N) is 1. The lowest BCUT2D eigenvalue weighted by atomic mass is 10.0. The summed E-state index contributed by atoms with van der Waals surface area (Å²) in [6.07, 6.45) is 0.836. The molecule has 5 heteroatoms. The number of carbonyl (C=O) groups excluding carboxylic acids is 2. The van der Waals surface area contributed by atoms with Crippen LogP contribution in [0.15, 0.2) is 35.0 Å². The van der Waals surface area contributed by atoms with Crippen LogP contribution < -0.4 is 5.32 Å². The van der Waals surface area contributed by atoms with E-state index in [9.17, 15) is 9.59 Å². The molecule has 104 valence electrons. The van der Waals surface area contributed by atoms with Crippen LogP contribution in [0.1, 0.15) is 39.5 Å². The van der Waals surface area contributed by atoms with E-state index in [-0.39, 0.29) is 11.4 Å². The third-order valence-electron chi connectivity index (χ3n) is 2.29. The maximum Gasteiger partial charge on any atom is 0.408 e. The molecule has 0 fully saturated rings. The Balaban J connectivity index is 2.85. The average Bonchev–Trinajstić information content (AvgIpc) is 2.75. The fourth-order valence-electron chi connectivity index (χ4n) is 1.41. The van der Waals surface area contributed by atoms with Gasteiger partial charge in [-0.2, -0.15) is 0 Å². The predicted molar refractivity (Wildman–Crippen MR) is 70.6 cm³/mol. The molecule has 0 aromatic carbocycles. The molecule has 1 aromatic rings. The molecular weight excluding hydrogens is 246 g/mol. The van der Waals surface area contributed by atoms with Gasteiger partial charge in [0.05, 0.1) is 6.26 Å². The third kappa shape index (κ3) is 4.62. The van der Waals surface area contributed by atoms with Gasteiger partial charge in [0.15, 0.2) is 5.78 Å². The molecule has 0 aliphatic heterocycles. The van der Waals surface area contributed by atoms with Crippen LogP contribution in [0.3, 0.4) is 0 Å². The Morgan fingerprint density at radius 3 is 2.47 bits per heavy atom. The first-order chi connectivity index (χ1) is 8.70. The summed E-state index contributed by atoms with van der Waals surface area (Å²) in [5, 5.41) is 2.58. The summed E-state index contributed by atoms with van der Waals surface area (Å²) in [4.78, 5) is 23.2. The minimum Gasteiger partial charge on any atom is -0.467 e. The fourth-order valence-corrected chi connectivity index (χ4v) is 1.41. The van der Waals surface area contributed by atoms with Gasteiger partial charge in [-0.3, -0.25) is 4.79 Å². The largest absolute Gasteiger partial charge is 0.467 e. The lowest BCUT2D eigenvalue weighted by Crippen LogP contribution is -2.36. The molecule has 1 rings (SSSR count). The van der Waals surface area contributed by atoms with Gasteiger partial charge in [-0.1, -0.05) is 6.58 Å². The smallest absolute Gasteiger partial charge is 0.408 e. The average molecular weight is 265 g/mol. The number of Topliss-reactive ketones (excluding diaryl/α,β-unsaturated/α-hetero) is 1. The minimum atomic E-state index is -0.720. The van der Waals surface area contributed by atoms with Crippen LogP contribution in [-0.2, 0) is 9.53 Å². The molecule has 0 saturated heterocycles. The van der Waals surface area contributed by atoms with Crippen molar-refractivity contribution in [2.45, 2.75) is 39.3 Å². The summed E-state index contributed by atoms with van der Waals surface area (Å²) in [5.41, 5.74) is -0.379. The van der Waals surface area contributed by atoms with Crippen LogP contribution in [0.2, 0.25) is 0 Å². The Morgan fingerprint density at radius 2 is 2.05 bits per heavy atom. The van der Waals surface area contributed by atoms with Crippen molar-refractivity contribution in [3.63, 3.8) is 0 Å². The highest BCUT2D eigenvalue weighted by Gasteiger charge is 2.25. The van der Waals surface area contributed by atoms with Gasteiger partial charge in [0.1, 0.15) is 17.4 Å². The highest BCUT2D eigenvalue weighted by Crippen LogP contribution is 2.22. The molecule has 0 bridgehead atoms. The van der Waals surface area contributed by atoms with E-state index in [1.807, 2.05) is 0 Å². The second kappa shape index (κ2) is 5.73. The quantitative estimate of drug-likeness (QED) is 0.850. The van der Waals surface area contributed by atoms with E-state index in [2.05, 4.69) is 11.9 Å². The molecule has 0 spiro atoms. The number of furan rings is 1. The monoisotopic (exact) mass is 265 g/mol. The number of hydrogen-bond acceptors (Lipinski definition) is 4. The standard InChI is InChI=1S/C14H19NO4/c1-9(10(2)16)12(11-7-6-8-18-11)15-13(17)19-14(3,4)5/h6-8,12H,1H2,2-5H3,(H,15,17). The lowest BCUT2D eigenvalue weighted by Gasteiger charge is -2.23. The van der Waals surface area contributed by atoms with Crippen LogP contribution in [0.4, 0.5) is 4.79 Å². The number of amides is 1. The zero-order valence-electron chi connectivity index (χ0n) is 11.6. The minimum absolute atomic E-state index is 0.225. The number of carbonyl (C=O) groups is 2. The summed E-state index contributed by atoms with van der Waals surface area (Å²) >= 11 is 0. The molecule has 0 aliphatic rings. The molecule has 1 aromatic heterocycles. The summed E-state index contributed by atoms with van der Waals surface area (Å²) in [7, 11) is 0. The van der Waals surface area contributed by atoms with Crippen molar-refractivity contribution in [2.24, 2.45) is 0 Å². The van der Waals surface area contributed by atoms with Crippen molar-refractivity contribution in [1.29, 1.82) is 0 Å². The van der Waals surface area contributed by atoms with E-state index in [0.717, 1.165) is 0 Å². The van der Waals surface area contributed by atoms with E-state index in [1.165, 1.54) is 13.2 Å². The Labute approximate surface area is 112 Å². The Morgan fingerprint density at radius 1 is 1.42 bits per heavy atom. The van der Waals surface area contributed by atoms with Crippen LogP contribution in [0.5, 0.6) is 0 Å². The van der Waals surface area contributed by atoms with E-state index in [1.54, 1.807) is 32.9 Å². The lowest BCUT2D eigenvalue weighted by molar-refractivity contribution is -0.113. The first-order valence-corrected chi connectivity index (χ1v) is 5.93. The van der Waals surface area contributed by atoms with Crippen LogP contribution in [0.25, 0.3) is 0 Å². The van der Waals surface area contributed by atoms with E-state index in [0.29, 0.717) is 5.76 Å². The predicted octanol–water partition coefficient (Wildman–Crippen LogP) is 2.99. The SMILES string of the molecule is C=C(C(C)=O)C(NC(=O)OC(C)(C)C)c1ccco1. The van der Waals surface area contributed by atoms with Gasteiger partial charge in [0.2, 0.25) is 0 Å². The Bertz CT molecular complexity index is 468. The zero-order valence-corrected chi connectivity index (χ0v) is 11.6. The van der Waals surface area contributed by atoms with Gasteiger partial charge in [0, 0.05) is 5.57 Å². The number of ether oxygens (including phenoxy) is 1. The second-order valence-corrected chi connectivity index (χ2v) is 5.18. The molecule has 0 aliphatic carbocycles. The third-order valence-corrected chi connectivity index (χ3v) is 2.29. The van der Waals surface area contributed by atoms with Crippen LogP contribution in [-0.4, -0.2) is 17.5 Å². The topological polar surface area (TPSA) is 68.5 Å². The molecule has 1 N–H and O–H groups in total. The Hall–Kier alpha value is -2.04. The first-order valence-electron chi connectivity index (χ1n) is 5.93. The molecule has 1 atom stereocenters. The van der Waals surface area contributed by atoms with Gasteiger partial charge in [-0.05, 0) is 39.8 Å². The summed E-state index contributed by atoms with van der Waals surface area (Å²) in [5.74, 6) is 0.212. The van der Waals surface area contributed by atoms with Crippen molar-refractivity contribution in [3.8, 4) is 0 Å². The number of alkyl carbamates (subject to hydrolysis) is 1. The van der Waals surface area contributed by atoms with Crippen molar-refractivity contribution in [1.82, 2.24) is 5.32 Å². The Kier molecular flexibility index (Phi) is 4.53. The zero-order chi connectivity index (χ0) is 14.6. The molecule has 1 amide bonds. The summed E-state index contributed by atoms with van der Waals surface area (Å²) in [6, 6.07) is 2.62. The molecule has 5 nitrogen and oxygen atoms in total. The van der Waals surface area contributed by atoms with Gasteiger partial charge >= 0.3 is 6.09 Å². The van der Waals surface area contributed by atoms with Crippen molar-refractivity contribution < 1.29 is 18.7 Å². The fraction of sp³-hybridized carbons (Fsp3) is 0.429. The van der Waals surface area contributed by atoms with E-state index in [4.69, 9.17) is 9.15 Å². The maximum absolute atomic E-state index is 11.8. The van der Waals surface area contributed by atoms with Crippen LogP contribution >= 0.6 is 0 Å². The molecule has 0 saturated carbocycles. The van der Waals surface area contributed by atoms with Gasteiger partial charge in [-0.15, -0.1) is 0 Å². The van der Waals surface area contributed by atoms with Gasteiger partial charge in [-0.25, -0.2) is 4.79 Å². The van der Waals surface area contributed by atoms with Crippen LogP contribution in [0, 0.1) is 0 Å². The number of rotatable bonds is 4. The first kappa shape index (κ1) is 15.0.